The predicted octanol–water partition coefficient (Wildman–Crippen LogP) is 1.36. The van der Waals surface area contributed by atoms with Crippen LogP contribution < -0.4 is 5.32 Å². The molecular formula is C12H24N2O2. The third-order valence-corrected chi connectivity index (χ3v) is 3.05. The maximum absolute atomic E-state index is 12.1. The first-order chi connectivity index (χ1) is 7.63. The summed E-state index contributed by atoms with van der Waals surface area (Å²) >= 11 is 0. The molecule has 0 aromatic rings. The lowest BCUT2D eigenvalue weighted by Gasteiger charge is -2.26. The molecule has 0 radical (unpaired) electrons. The molecule has 0 aromatic carbocycles. The Labute approximate surface area is 98.3 Å². The average Bonchev–Trinajstić information content (AvgIpc) is 2.56. The van der Waals surface area contributed by atoms with E-state index in [4.69, 9.17) is 4.74 Å². The third-order valence-electron chi connectivity index (χ3n) is 3.05. The maximum Gasteiger partial charge on any atom is 0.241 e. The lowest BCUT2D eigenvalue weighted by molar-refractivity contribution is -0.131. The fourth-order valence-corrected chi connectivity index (χ4v) is 2.21. The van der Waals surface area contributed by atoms with Gasteiger partial charge in [-0.05, 0) is 26.7 Å². The van der Waals surface area contributed by atoms with E-state index < -0.39 is 0 Å². The van der Waals surface area contributed by atoms with E-state index in [1.54, 1.807) is 0 Å². The summed E-state index contributed by atoms with van der Waals surface area (Å²) in [4.78, 5) is 14.0. The molecule has 0 aliphatic carbocycles. The Balaban J connectivity index is 2.58. The number of hydrogen-bond acceptors (Lipinski definition) is 3. The zero-order valence-electron chi connectivity index (χ0n) is 10.8. The van der Waals surface area contributed by atoms with Gasteiger partial charge in [-0.15, -0.1) is 0 Å². The minimum atomic E-state index is -0.00113. The highest BCUT2D eigenvalue weighted by molar-refractivity contribution is 5.84. The van der Waals surface area contributed by atoms with Gasteiger partial charge in [0.1, 0.15) is 0 Å². The van der Waals surface area contributed by atoms with Crippen molar-refractivity contribution in [1.29, 1.82) is 0 Å². The molecule has 1 rings (SSSR count). The number of hydrogen-bond donors (Lipinski definition) is 1. The molecule has 1 saturated heterocycles. The van der Waals surface area contributed by atoms with E-state index in [1.165, 1.54) is 0 Å². The molecule has 0 spiro atoms. The van der Waals surface area contributed by atoms with Crippen LogP contribution in [0.5, 0.6) is 0 Å². The Kier molecular flexibility index (Phi) is 5.22. The highest BCUT2D eigenvalue weighted by atomic mass is 16.5. The van der Waals surface area contributed by atoms with Gasteiger partial charge in [0.05, 0.1) is 18.3 Å². The van der Waals surface area contributed by atoms with Crippen molar-refractivity contribution in [3.63, 3.8) is 0 Å². The van der Waals surface area contributed by atoms with Crippen molar-refractivity contribution < 1.29 is 9.53 Å². The lowest BCUT2D eigenvalue weighted by atomic mass is 10.2. The molecule has 1 heterocycles. The summed E-state index contributed by atoms with van der Waals surface area (Å²) in [5.74, 6) is 0.223. The fraction of sp³-hybridized carbons (Fsp3) is 0.917. The van der Waals surface area contributed by atoms with Crippen molar-refractivity contribution in [3.8, 4) is 0 Å². The summed E-state index contributed by atoms with van der Waals surface area (Å²) in [6.07, 6.45) is 2.09. The zero-order valence-corrected chi connectivity index (χ0v) is 10.8. The van der Waals surface area contributed by atoms with E-state index in [-0.39, 0.29) is 24.2 Å². The molecule has 1 fully saturated rings. The second-order valence-electron chi connectivity index (χ2n) is 4.31. The van der Waals surface area contributed by atoms with Gasteiger partial charge in [0.2, 0.25) is 5.91 Å². The number of carbonyl (C=O) groups is 1. The van der Waals surface area contributed by atoms with Crippen molar-refractivity contribution in [1.82, 2.24) is 10.2 Å². The standard InChI is InChI=1S/C12H24N2O2/c1-5-10-12(15)14(11(6-2)13-10)8-9(4)16-7-3/h9-11,13H,5-8H2,1-4H3. The molecule has 1 aliphatic heterocycles. The Morgan fingerprint density at radius 3 is 2.56 bits per heavy atom. The van der Waals surface area contributed by atoms with Crippen molar-refractivity contribution >= 4 is 5.91 Å². The monoisotopic (exact) mass is 228 g/mol. The van der Waals surface area contributed by atoms with Gasteiger partial charge in [-0.25, -0.2) is 0 Å². The summed E-state index contributed by atoms with van der Waals surface area (Å²) in [6, 6.07) is -0.00113. The van der Waals surface area contributed by atoms with E-state index in [0.717, 1.165) is 12.8 Å². The molecule has 1 N–H and O–H groups in total. The molecular weight excluding hydrogens is 204 g/mol. The van der Waals surface area contributed by atoms with Gasteiger partial charge in [0.25, 0.3) is 0 Å². The molecule has 16 heavy (non-hydrogen) atoms. The van der Waals surface area contributed by atoms with Crippen LogP contribution in [0.25, 0.3) is 0 Å². The van der Waals surface area contributed by atoms with Gasteiger partial charge in [-0.2, -0.15) is 0 Å². The van der Waals surface area contributed by atoms with Crippen LogP contribution >= 0.6 is 0 Å². The molecule has 1 aliphatic rings. The number of nitrogens with zero attached hydrogens (tertiary/aromatic N) is 1. The van der Waals surface area contributed by atoms with Crippen LogP contribution in [0, 0.1) is 0 Å². The minimum absolute atomic E-state index is 0.00113. The molecule has 1 amide bonds. The number of carbonyl (C=O) groups excluding carboxylic acids is 1. The molecule has 94 valence electrons. The van der Waals surface area contributed by atoms with Crippen molar-refractivity contribution in [2.45, 2.75) is 58.8 Å². The second kappa shape index (κ2) is 6.21. The average molecular weight is 228 g/mol. The fourth-order valence-electron chi connectivity index (χ4n) is 2.21. The van der Waals surface area contributed by atoms with Gasteiger partial charge in [0, 0.05) is 13.2 Å². The largest absolute Gasteiger partial charge is 0.377 e. The highest BCUT2D eigenvalue weighted by Gasteiger charge is 2.37. The zero-order chi connectivity index (χ0) is 12.1. The van der Waals surface area contributed by atoms with Gasteiger partial charge in [-0.1, -0.05) is 13.8 Å². The van der Waals surface area contributed by atoms with E-state index in [1.807, 2.05) is 25.7 Å². The number of ether oxygens (including phenoxy) is 1. The Morgan fingerprint density at radius 2 is 2.06 bits per heavy atom. The first-order valence-corrected chi connectivity index (χ1v) is 6.32. The van der Waals surface area contributed by atoms with Crippen LogP contribution in [-0.4, -0.2) is 42.3 Å². The molecule has 0 aromatic heterocycles. The molecule has 3 unspecified atom stereocenters. The Bertz CT molecular complexity index is 233. The Hall–Kier alpha value is -0.610. The van der Waals surface area contributed by atoms with Gasteiger partial charge < -0.3 is 9.64 Å². The topological polar surface area (TPSA) is 41.6 Å². The predicted molar refractivity (Wildman–Crippen MR) is 64.1 cm³/mol. The van der Waals surface area contributed by atoms with Crippen LogP contribution in [0.2, 0.25) is 0 Å². The quantitative estimate of drug-likeness (QED) is 0.746. The van der Waals surface area contributed by atoms with E-state index in [2.05, 4.69) is 12.2 Å². The first kappa shape index (κ1) is 13.5. The van der Waals surface area contributed by atoms with Crippen molar-refractivity contribution in [2.75, 3.05) is 13.2 Å². The van der Waals surface area contributed by atoms with Crippen molar-refractivity contribution in [3.05, 3.63) is 0 Å². The summed E-state index contributed by atoms with van der Waals surface area (Å²) in [7, 11) is 0. The summed E-state index contributed by atoms with van der Waals surface area (Å²) in [5, 5.41) is 3.36. The number of amides is 1. The molecule has 3 atom stereocenters. The smallest absolute Gasteiger partial charge is 0.241 e. The third kappa shape index (κ3) is 2.95. The maximum atomic E-state index is 12.1. The van der Waals surface area contributed by atoms with Gasteiger partial charge in [0.15, 0.2) is 0 Å². The second-order valence-corrected chi connectivity index (χ2v) is 4.31. The van der Waals surface area contributed by atoms with Crippen molar-refractivity contribution in [2.24, 2.45) is 0 Å². The highest BCUT2D eigenvalue weighted by Crippen LogP contribution is 2.16. The minimum Gasteiger partial charge on any atom is -0.377 e. The SMILES string of the molecule is CCOC(C)CN1C(=O)C(CC)NC1CC. The van der Waals surface area contributed by atoms with Gasteiger partial charge >= 0.3 is 0 Å². The van der Waals surface area contributed by atoms with Gasteiger partial charge in [-0.3, -0.25) is 10.1 Å². The molecule has 4 heteroatoms. The summed E-state index contributed by atoms with van der Waals surface area (Å²) in [6.45, 7) is 9.52. The summed E-state index contributed by atoms with van der Waals surface area (Å²) < 4.78 is 5.49. The number of nitrogens with one attached hydrogen (secondary N) is 1. The first-order valence-electron chi connectivity index (χ1n) is 6.32. The van der Waals surface area contributed by atoms with Crippen LogP contribution in [0.1, 0.15) is 40.5 Å². The molecule has 0 saturated carbocycles. The molecule has 4 nitrogen and oxygen atoms in total. The van der Waals surface area contributed by atoms with E-state index in [9.17, 15) is 4.79 Å². The number of rotatable bonds is 6. The van der Waals surface area contributed by atoms with Crippen LogP contribution in [-0.2, 0) is 9.53 Å². The normalized spacial score (nSPS) is 27.5. The van der Waals surface area contributed by atoms with Crippen LogP contribution in [0.4, 0.5) is 0 Å². The molecule has 0 bridgehead atoms. The van der Waals surface area contributed by atoms with Crippen LogP contribution in [0.15, 0.2) is 0 Å². The summed E-state index contributed by atoms with van der Waals surface area (Å²) in [5.41, 5.74) is 0. The van der Waals surface area contributed by atoms with E-state index >= 15 is 0 Å². The lowest BCUT2D eigenvalue weighted by Crippen LogP contribution is -2.41. The van der Waals surface area contributed by atoms with Crippen LogP contribution in [0.3, 0.4) is 0 Å². The van der Waals surface area contributed by atoms with E-state index in [0.29, 0.717) is 13.2 Å². The Morgan fingerprint density at radius 1 is 1.38 bits per heavy atom.